The molecule has 3 nitrogen and oxygen atoms in total. The van der Waals surface area contributed by atoms with E-state index in [0.29, 0.717) is 26.0 Å². The fourth-order valence-corrected chi connectivity index (χ4v) is 1.98. The van der Waals surface area contributed by atoms with E-state index in [-0.39, 0.29) is 17.4 Å². The van der Waals surface area contributed by atoms with Gasteiger partial charge in [0.1, 0.15) is 23.6 Å². The summed E-state index contributed by atoms with van der Waals surface area (Å²) in [5.74, 6) is -1.41. The van der Waals surface area contributed by atoms with Gasteiger partial charge >= 0.3 is 0 Å². The second-order valence-corrected chi connectivity index (χ2v) is 4.08. The molecule has 0 radical (unpaired) electrons. The summed E-state index contributed by atoms with van der Waals surface area (Å²) in [6.07, 6.45) is 0.367. The van der Waals surface area contributed by atoms with Crippen LogP contribution in [0.2, 0.25) is 0 Å². The van der Waals surface area contributed by atoms with Gasteiger partial charge in [-0.2, -0.15) is 0 Å². The lowest BCUT2D eigenvalue weighted by Crippen LogP contribution is -2.42. The molecule has 1 unspecified atom stereocenters. The Morgan fingerprint density at radius 1 is 1.41 bits per heavy atom. The number of ether oxygens (including phenoxy) is 1. The molecule has 0 bridgehead atoms. The summed E-state index contributed by atoms with van der Waals surface area (Å²) in [5, 5.41) is 0. The molecule has 5 heteroatoms. The number of nitrogens with zero attached hydrogens (tertiary/aromatic N) is 1. The zero-order valence-corrected chi connectivity index (χ0v) is 9.45. The lowest BCUT2D eigenvalue weighted by Gasteiger charge is -2.33. The summed E-state index contributed by atoms with van der Waals surface area (Å²) in [7, 11) is 0. The van der Waals surface area contributed by atoms with Gasteiger partial charge in [-0.15, -0.1) is 0 Å². The highest BCUT2D eigenvalue weighted by Gasteiger charge is 2.23. The molecule has 0 N–H and O–H groups in total. The Kier molecular flexibility index (Phi) is 3.38. The highest BCUT2D eigenvalue weighted by atomic mass is 19.1. The minimum Gasteiger partial charge on any atom is -0.375 e. The number of morpholine rings is 1. The molecule has 2 rings (SSSR count). The molecule has 0 saturated carbocycles. The molecule has 1 aromatic rings. The maximum atomic E-state index is 13.7. The molecule has 17 heavy (non-hydrogen) atoms. The van der Waals surface area contributed by atoms with Crippen LogP contribution in [0.5, 0.6) is 0 Å². The van der Waals surface area contributed by atoms with Crippen LogP contribution in [0.25, 0.3) is 0 Å². The van der Waals surface area contributed by atoms with Crippen LogP contribution in [0, 0.1) is 11.6 Å². The number of carbonyl (C=O) groups is 1. The molecule has 1 aliphatic heterocycles. The van der Waals surface area contributed by atoms with E-state index in [0.717, 1.165) is 12.1 Å². The number of carbonyl (C=O) groups excluding carboxylic acids is 1. The van der Waals surface area contributed by atoms with Gasteiger partial charge in [0.15, 0.2) is 0 Å². The first-order chi connectivity index (χ1) is 8.11. The van der Waals surface area contributed by atoms with Gasteiger partial charge in [0, 0.05) is 18.7 Å². The Morgan fingerprint density at radius 3 is 2.59 bits per heavy atom. The third-order valence-electron chi connectivity index (χ3n) is 2.73. The molecule has 0 aromatic heterocycles. The number of hydrogen-bond acceptors (Lipinski definition) is 3. The van der Waals surface area contributed by atoms with Crippen molar-refractivity contribution in [3.63, 3.8) is 0 Å². The average Bonchev–Trinajstić information content (AvgIpc) is 2.28. The average molecular weight is 241 g/mol. The topological polar surface area (TPSA) is 29.5 Å². The minimum atomic E-state index is -0.707. The van der Waals surface area contributed by atoms with Gasteiger partial charge in [0.05, 0.1) is 12.7 Å². The fraction of sp³-hybridized carbons (Fsp3) is 0.417. The number of benzene rings is 1. The maximum absolute atomic E-state index is 13.7. The molecule has 1 aromatic carbocycles. The molecule has 0 amide bonds. The molecule has 1 saturated heterocycles. The number of aldehydes is 1. The molecule has 1 aliphatic rings. The lowest BCUT2D eigenvalue weighted by molar-refractivity contribution is 0.0527. The zero-order chi connectivity index (χ0) is 12.4. The van der Waals surface area contributed by atoms with Crippen molar-refractivity contribution in [3.8, 4) is 0 Å². The highest BCUT2D eigenvalue weighted by Crippen LogP contribution is 2.26. The van der Waals surface area contributed by atoms with Crippen molar-refractivity contribution in [1.29, 1.82) is 0 Å². The lowest BCUT2D eigenvalue weighted by atomic mass is 10.1. The first-order valence-electron chi connectivity index (χ1n) is 5.42. The van der Waals surface area contributed by atoms with Crippen LogP contribution in [0.4, 0.5) is 14.5 Å². The van der Waals surface area contributed by atoms with E-state index in [1.807, 2.05) is 6.92 Å². The van der Waals surface area contributed by atoms with E-state index >= 15 is 0 Å². The Morgan fingerprint density at radius 2 is 2.06 bits per heavy atom. The predicted octanol–water partition coefficient (Wildman–Crippen LogP) is 2.00. The summed E-state index contributed by atoms with van der Waals surface area (Å²) < 4.78 is 32.8. The van der Waals surface area contributed by atoms with Crippen molar-refractivity contribution in [2.75, 3.05) is 24.6 Å². The van der Waals surface area contributed by atoms with E-state index < -0.39 is 11.6 Å². The van der Waals surface area contributed by atoms with E-state index in [1.165, 1.54) is 0 Å². The van der Waals surface area contributed by atoms with Crippen molar-refractivity contribution in [1.82, 2.24) is 0 Å². The molecule has 92 valence electrons. The van der Waals surface area contributed by atoms with Gasteiger partial charge in [-0.25, -0.2) is 8.78 Å². The Labute approximate surface area is 98.0 Å². The summed E-state index contributed by atoms with van der Waals surface area (Å²) in [4.78, 5) is 12.1. The maximum Gasteiger partial charge on any atom is 0.150 e. The predicted molar refractivity (Wildman–Crippen MR) is 59.4 cm³/mol. The van der Waals surface area contributed by atoms with Gasteiger partial charge in [0.2, 0.25) is 0 Å². The standard InChI is InChI=1S/C12H13F2NO2/c1-8-6-15(2-3-17-8)12-10(13)4-9(7-16)5-11(12)14/h4-5,7-8H,2-3,6H2,1H3. The highest BCUT2D eigenvalue weighted by molar-refractivity contribution is 5.76. The van der Waals surface area contributed by atoms with Gasteiger partial charge in [-0.05, 0) is 19.1 Å². The normalized spacial score (nSPS) is 20.4. The van der Waals surface area contributed by atoms with Crippen molar-refractivity contribution >= 4 is 12.0 Å². The zero-order valence-electron chi connectivity index (χ0n) is 9.45. The van der Waals surface area contributed by atoms with Gasteiger partial charge < -0.3 is 9.64 Å². The van der Waals surface area contributed by atoms with Crippen molar-refractivity contribution in [2.24, 2.45) is 0 Å². The molecule has 1 heterocycles. The molecule has 1 atom stereocenters. The number of anilines is 1. The third kappa shape index (κ3) is 2.44. The largest absolute Gasteiger partial charge is 0.375 e. The minimum absolute atomic E-state index is 0.00468. The first kappa shape index (κ1) is 12.0. The van der Waals surface area contributed by atoms with Crippen LogP contribution in [0.15, 0.2) is 12.1 Å². The molecule has 1 fully saturated rings. The number of hydrogen-bond donors (Lipinski definition) is 0. The van der Waals surface area contributed by atoms with Crippen molar-refractivity contribution < 1.29 is 18.3 Å². The van der Waals surface area contributed by atoms with E-state index in [9.17, 15) is 13.6 Å². The van der Waals surface area contributed by atoms with Crippen LogP contribution in [0.1, 0.15) is 17.3 Å². The molecule has 0 aliphatic carbocycles. The van der Waals surface area contributed by atoms with E-state index in [4.69, 9.17) is 4.74 Å². The van der Waals surface area contributed by atoms with Crippen LogP contribution >= 0.6 is 0 Å². The Bertz CT molecular complexity index is 414. The first-order valence-corrected chi connectivity index (χ1v) is 5.42. The SMILES string of the molecule is CC1CN(c2c(F)cc(C=O)cc2F)CCO1. The van der Waals surface area contributed by atoms with Crippen LogP contribution in [-0.2, 0) is 4.74 Å². The van der Waals surface area contributed by atoms with Crippen LogP contribution in [-0.4, -0.2) is 32.1 Å². The summed E-state index contributed by atoms with van der Waals surface area (Å²) >= 11 is 0. The smallest absolute Gasteiger partial charge is 0.150 e. The van der Waals surface area contributed by atoms with Crippen molar-refractivity contribution in [3.05, 3.63) is 29.3 Å². The third-order valence-corrected chi connectivity index (χ3v) is 2.73. The second-order valence-electron chi connectivity index (χ2n) is 4.08. The van der Waals surface area contributed by atoms with Crippen LogP contribution in [0.3, 0.4) is 0 Å². The van der Waals surface area contributed by atoms with Gasteiger partial charge in [-0.3, -0.25) is 4.79 Å². The molecular formula is C12H13F2NO2. The molecule has 0 spiro atoms. The Balaban J connectivity index is 2.34. The monoisotopic (exact) mass is 241 g/mol. The Hall–Kier alpha value is -1.49. The summed E-state index contributed by atoms with van der Waals surface area (Å²) in [6, 6.07) is 2.09. The van der Waals surface area contributed by atoms with Crippen molar-refractivity contribution in [2.45, 2.75) is 13.0 Å². The summed E-state index contributed by atoms with van der Waals surface area (Å²) in [5.41, 5.74) is -0.0733. The van der Waals surface area contributed by atoms with E-state index in [1.54, 1.807) is 4.90 Å². The number of halogens is 2. The number of rotatable bonds is 2. The summed E-state index contributed by atoms with van der Waals surface area (Å²) in [6.45, 7) is 3.17. The van der Waals surface area contributed by atoms with E-state index in [2.05, 4.69) is 0 Å². The van der Waals surface area contributed by atoms with Gasteiger partial charge in [0.25, 0.3) is 0 Å². The quantitative estimate of drug-likeness (QED) is 0.742. The fourth-order valence-electron chi connectivity index (χ4n) is 1.98. The van der Waals surface area contributed by atoms with Gasteiger partial charge in [-0.1, -0.05) is 0 Å². The second kappa shape index (κ2) is 4.79. The molecular weight excluding hydrogens is 228 g/mol. The van der Waals surface area contributed by atoms with Crippen LogP contribution < -0.4 is 4.90 Å².